The maximum atomic E-state index is 10.8. The van der Waals surface area contributed by atoms with E-state index in [4.69, 9.17) is 15.9 Å². The van der Waals surface area contributed by atoms with E-state index in [0.717, 1.165) is 0 Å². The third-order valence-corrected chi connectivity index (χ3v) is 1.89. The number of rotatable bonds is 4. The largest absolute Gasteiger partial charge is 0.481 e. The van der Waals surface area contributed by atoms with Crippen LogP contribution in [-0.4, -0.2) is 22.2 Å². The van der Waals surface area contributed by atoms with Gasteiger partial charge in [0.25, 0.3) is 6.04 Å². The lowest BCUT2D eigenvalue weighted by Crippen LogP contribution is -2.44. The molecular formula is C9H11N2O4+. The molecule has 0 amide bonds. The molecule has 0 aliphatic carbocycles. The lowest BCUT2D eigenvalue weighted by atomic mass is 10.2. The van der Waals surface area contributed by atoms with Crippen LogP contribution in [0.4, 0.5) is 5.69 Å². The van der Waals surface area contributed by atoms with E-state index in [9.17, 15) is 9.59 Å². The minimum Gasteiger partial charge on any atom is -0.481 e. The summed E-state index contributed by atoms with van der Waals surface area (Å²) in [5.41, 5.74) is 5.92. The molecule has 1 rings (SSSR count). The number of carbonyl (C=O) groups is 2. The summed E-state index contributed by atoms with van der Waals surface area (Å²) >= 11 is 0. The predicted octanol–water partition coefficient (Wildman–Crippen LogP) is -0.343. The predicted molar refractivity (Wildman–Crippen MR) is 50.0 cm³/mol. The molecule has 1 aromatic heterocycles. The highest BCUT2D eigenvalue weighted by Gasteiger charge is 2.29. The lowest BCUT2D eigenvalue weighted by Gasteiger charge is -2.04. The second-order valence-corrected chi connectivity index (χ2v) is 3.03. The Morgan fingerprint density at radius 1 is 1.33 bits per heavy atom. The Morgan fingerprint density at radius 2 is 1.87 bits per heavy atom. The number of aromatic nitrogens is 1. The molecule has 6 nitrogen and oxygen atoms in total. The number of hydrogen-bond acceptors (Lipinski definition) is 3. The summed E-state index contributed by atoms with van der Waals surface area (Å²) < 4.78 is 1.30. The average Bonchev–Trinajstić information content (AvgIpc) is 2.15. The number of hydrogen-bond donors (Lipinski definition) is 3. The molecule has 0 radical (unpaired) electrons. The van der Waals surface area contributed by atoms with Crippen molar-refractivity contribution in [1.82, 2.24) is 0 Å². The van der Waals surface area contributed by atoms with E-state index in [1.165, 1.54) is 29.1 Å². The molecule has 1 atom stereocenters. The van der Waals surface area contributed by atoms with Crippen LogP contribution >= 0.6 is 0 Å². The van der Waals surface area contributed by atoms with Crippen molar-refractivity contribution >= 4 is 17.6 Å². The molecule has 0 aliphatic rings. The van der Waals surface area contributed by atoms with Gasteiger partial charge in [-0.25, -0.2) is 4.79 Å². The highest BCUT2D eigenvalue weighted by Crippen LogP contribution is 2.04. The van der Waals surface area contributed by atoms with Gasteiger partial charge in [-0.1, -0.05) is 0 Å². The van der Waals surface area contributed by atoms with Crippen molar-refractivity contribution in [2.24, 2.45) is 0 Å². The molecule has 0 bridgehead atoms. The van der Waals surface area contributed by atoms with E-state index < -0.39 is 24.4 Å². The Kier molecular flexibility index (Phi) is 3.22. The number of nitrogens with zero attached hydrogens (tertiary/aromatic N) is 1. The average molecular weight is 211 g/mol. The van der Waals surface area contributed by atoms with Crippen LogP contribution in [0.25, 0.3) is 0 Å². The van der Waals surface area contributed by atoms with Gasteiger partial charge in [0.2, 0.25) is 0 Å². The van der Waals surface area contributed by atoms with E-state index in [0.29, 0.717) is 5.69 Å². The van der Waals surface area contributed by atoms with E-state index in [1.807, 2.05) is 0 Å². The first-order valence-corrected chi connectivity index (χ1v) is 4.21. The van der Waals surface area contributed by atoms with Crippen molar-refractivity contribution in [2.75, 3.05) is 5.73 Å². The zero-order valence-electron chi connectivity index (χ0n) is 7.83. The van der Waals surface area contributed by atoms with Crippen LogP contribution in [0, 0.1) is 0 Å². The van der Waals surface area contributed by atoms with E-state index in [2.05, 4.69) is 0 Å². The van der Waals surface area contributed by atoms with Gasteiger partial charge in [0.1, 0.15) is 6.42 Å². The minimum absolute atomic E-state index is 0.468. The Bertz CT molecular complexity index is 374. The molecule has 1 heterocycles. The molecule has 1 aromatic rings. The minimum atomic E-state index is -1.19. The van der Waals surface area contributed by atoms with Gasteiger partial charge in [-0.05, 0) is 0 Å². The molecule has 6 heteroatoms. The van der Waals surface area contributed by atoms with Crippen molar-refractivity contribution < 1.29 is 24.4 Å². The maximum Gasteiger partial charge on any atom is 0.374 e. The summed E-state index contributed by atoms with van der Waals surface area (Å²) in [6.07, 6.45) is 2.41. The number of carboxylic acid groups (broad SMARTS) is 2. The summed E-state index contributed by atoms with van der Waals surface area (Å²) in [5, 5.41) is 17.4. The first kappa shape index (κ1) is 11.0. The zero-order valence-corrected chi connectivity index (χ0v) is 7.83. The molecule has 0 fully saturated rings. The lowest BCUT2D eigenvalue weighted by molar-refractivity contribution is -0.709. The van der Waals surface area contributed by atoms with Crippen molar-refractivity contribution in [3.8, 4) is 0 Å². The van der Waals surface area contributed by atoms with Gasteiger partial charge in [0.15, 0.2) is 12.4 Å². The molecule has 1 unspecified atom stereocenters. The number of nitrogen functional groups attached to an aromatic ring is 1. The molecule has 0 spiro atoms. The molecule has 80 valence electrons. The van der Waals surface area contributed by atoms with Gasteiger partial charge in [-0.3, -0.25) is 4.79 Å². The fraction of sp³-hybridized carbons (Fsp3) is 0.222. The molecule has 0 aliphatic heterocycles. The summed E-state index contributed by atoms with van der Waals surface area (Å²) in [6, 6.07) is 1.92. The number of pyridine rings is 1. The van der Waals surface area contributed by atoms with E-state index >= 15 is 0 Å². The fourth-order valence-corrected chi connectivity index (χ4v) is 1.14. The highest BCUT2D eigenvalue weighted by atomic mass is 16.4. The standard InChI is InChI=1S/C9H10N2O4/c10-6-1-3-11(4-2-6)7(9(14)15)5-8(12)13/h1-4,7,10H,5H2,(H2,12,13,14,15)/p+1. The summed E-state index contributed by atoms with van der Waals surface area (Å²) in [6.45, 7) is 0. The van der Waals surface area contributed by atoms with Crippen LogP contribution in [0.3, 0.4) is 0 Å². The fourth-order valence-electron chi connectivity index (χ4n) is 1.14. The summed E-state index contributed by atoms with van der Waals surface area (Å²) in [7, 11) is 0. The summed E-state index contributed by atoms with van der Waals surface area (Å²) in [4.78, 5) is 21.3. The molecule has 4 N–H and O–H groups in total. The third kappa shape index (κ3) is 2.94. The van der Waals surface area contributed by atoms with Gasteiger partial charge in [-0.15, -0.1) is 0 Å². The van der Waals surface area contributed by atoms with Crippen molar-refractivity contribution in [3.63, 3.8) is 0 Å². The molecule has 0 saturated carbocycles. The third-order valence-electron chi connectivity index (χ3n) is 1.89. The molecule has 0 aromatic carbocycles. The molecule has 15 heavy (non-hydrogen) atoms. The smallest absolute Gasteiger partial charge is 0.374 e. The number of carboxylic acids is 2. The van der Waals surface area contributed by atoms with Gasteiger partial charge < -0.3 is 15.9 Å². The van der Waals surface area contributed by atoms with Gasteiger partial charge in [0, 0.05) is 17.8 Å². The van der Waals surface area contributed by atoms with Gasteiger partial charge >= 0.3 is 11.9 Å². The Hall–Kier alpha value is -2.11. The second kappa shape index (κ2) is 4.41. The van der Waals surface area contributed by atoms with Crippen LogP contribution < -0.4 is 10.3 Å². The number of nitrogens with two attached hydrogens (primary N) is 1. The van der Waals surface area contributed by atoms with Crippen LogP contribution in [0.1, 0.15) is 12.5 Å². The monoisotopic (exact) mass is 211 g/mol. The SMILES string of the molecule is Nc1cc[n+](C(CC(=O)O)C(=O)O)cc1. The Balaban J connectivity index is 2.94. The first-order chi connectivity index (χ1) is 7.00. The maximum absolute atomic E-state index is 10.8. The van der Waals surface area contributed by atoms with Crippen LogP contribution in [0.15, 0.2) is 24.5 Å². The Morgan fingerprint density at radius 3 is 2.27 bits per heavy atom. The molecular weight excluding hydrogens is 200 g/mol. The van der Waals surface area contributed by atoms with Gasteiger partial charge in [-0.2, -0.15) is 4.57 Å². The zero-order chi connectivity index (χ0) is 11.4. The first-order valence-electron chi connectivity index (χ1n) is 4.21. The Labute approximate surface area is 85.6 Å². The quantitative estimate of drug-likeness (QED) is 0.591. The van der Waals surface area contributed by atoms with Crippen LogP contribution in [-0.2, 0) is 9.59 Å². The normalized spacial score (nSPS) is 12.0. The van der Waals surface area contributed by atoms with Crippen LogP contribution in [0.2, 0.25) is 0 Å². The van der Waals surface area contributed by atoms with Gasteiger partial charge in [0.05, 0.1) is 0 Å². The molecule has 0 saturated heterocycles. The van der Waals surface area contributed by atoms with E-state index in [-0.39, 0.29) is 0 Å². The van der Waals surface area contributed by atoms with Crippen molar-refractivity contribution in [2.45, 2.75) is 12.5 Å². The second-order valence-electron chi connectivity index (χ2n) is 3.03. The van der Waals surface area contributed by atoms with E-state index in [1.54, 1.807) is 0 Å². The van der Waals surface area contributed by atoms with Crippen LogP contribution in [0.5, 0.6) is 0 Å². The summed E-state index contributed by atoms with van der Waals surface area (Å²) in [5.74, 6) is -2.35. The van der Waals surface area contributed by atoms with Crippen molar-refractivity contribution in [3.05, 3.63) is 24.5 Å². The van der Waals surface area contributed by atoms with Crippen molar-refractivity contribution in [1.29, 1.82) is 0 Å². The highest BCUT2D eigenvalue weighted by molar-refractivity contribution is 5.77. The number of anilines is 1. The topological polar surface area (TPSA) is 105 Å². The number of aliphatic carboxylic acids is 2.